The van der Waals surface area contributed by atoms with Crippen molar-refractivity contribution in [1.29, 1.82) is 0 Å². The quantitative estimate of drug-likeness (QED) is 0.303. The lowest BCUT2D eigenvalue weighted by Crippen LogP contribution is -2.02. The van der Waals surface area contributed by atoms with Crippen LogP contribution in [0.5, 0.6) is 0 Å². The van der Waals surface area contributed by atoms with E-state index in [-0.39, 0.29) is 17.7 Å². The Morgan fingerprint density at radius 3 is 2.41 bits per heavy atom. The molecule has 0 unspecified atom stereocenters. The minimum atomic E-state index is -0.432. The molecule has 34 heavy (non-hydrogen) atoms. The number of aryl methyl sites for hydroxylation is 2. The summed E-state index contributed by atoms with van der Waals surface area (Å²) in [5.74, 6) is -0.0324. The Bertz CT molecular complexity index is 1520. The van der Waals surface area contributed by atoms with Crippen LogP contribution in [0.25, 0.3) is 28.4 Å². The van der Waals surface area contributed by atoms with Gasteiger partial charge in [0.05, 0.1) is 0 Å². The van der Waals surface area contributed by atoms with Gasteiger partial charge in [-0.1, -0.05) is 22.8 Å². The Hall–Kier alpha value is -3.98. The molecule has 0 bridgehead atoms. The third-order valence-electron chi connectivity index (χ3n) is 5.43. The van der Waals surface area contributed by atoms with Gasteiger partial charge in [-0.05, 0) is 61.4 Å². The van der Waals surface area contributed by atoms with Crippen LogP contribution < -0.4 is 10.6 Å². The number of rotatable bonds is 5. The lowest BCUT2D eigenvalue weighted by molar-refractivity contribution is 0.585. The molecule has 10 heteroatoms. The standard InChI is InChI=1S/C24H19ClF2N6O/c1-12-8-16(27)9-13(2)20(12)30-22-21(29-19-7-5-15(26)11-33(19)22)17-6-4-14(25)10-18(17)23-31-32-24(28-3)34-23/h4-11,30H,1-3H3,(H,28,32). The summed E-state index contributed by atoms with van der Waals surface area (Å²) in [6.07, 6.45) is 1.34. The van der Waals surface area contributed by atoms with E-state index < -0.39 is 5.82 Å². The Balaban J connectivity index is 1.76. The molecule has 0 aliphatic heterocycles. The second-order valence-corrected chi connectivity index (χ2v) is 8.21. The molecule has 0 aliphatic carbocycles. The molecule has 0 amide bonds. The molecule has 0 spiro atoms. The summed E-state index contributed by atoms with van der Waals surface area (Å²) in [6, 6.07) is 11.2. The Kier molecular flexibility index (Phi) is 5.41. The van der Waals surface area contributed by atoms with E-state index in [1.807, 2.05) is 0 Å². The number of hydrogen-bond acceptors (Lipinski definition) is 6. The molecule has 0 aliphatic rings. The molecule has 0 atom stereocenters. The molecule has 2 N–H and O–H groups in total. The van der Waals surface area contributed by atoms with Crippen LogP contribution in [0.3, 0.4) is 0 Å². The molecular formula is C24H19ClF2N6O. The first-order chi connectivity index (χ1) is 16.3. The molecule has 3 heterocycles. The number of pyridine rings is 1. The van der Waals surface area contributed by atoms with E-state index in [1.165, 1.54) is 24.4 Å². The van der Waals surface area contributed by atoms with Gasteiger partial charge >= 0.3 is 6.01 Å². The fourth-order valence-corrected chi connectivity index (χ4v) is 4.06. The van der Waals surface area contributed by atoms with E-state index in [1.54, 1.807) is 49.6 Å². The lowest BCUT2D eigenvalue weighted by Gasteiger charge is -2.15. The minimum absolute atomic E-state index is 0.241. The summed E-state index contributed by atoms with van der Waals surface area (Å²) in [5.41, 5.74) is 4.30. The first-order valence-corrected chi connectivity index (χ1v) is 10.7. The van der Waals surface area contributed by atoms with Gasteiger partial charge in [0.15, 0.2) is 0 Å². The maximum absolute atomic E-state index is 14.2. The van der Waals surface area contributed by atoms with Crippen LogP contribution in [0.1, 0.15) is 11.1 Å². The van der Waals surface area contributed by atoms with E-state index in [2.05, 4.69) is 20.8 Å². The third kappa shape index (κ3) is 3.84. The van der Waals surface area contributed by atoms with Gasteiger partial charge in [0, 0.05) is 35.1 Å². The highest BCUT2D eigenvalue weighted by molar-refractivity contribution is 6.31. The average Bonchev–Trinajstić information content (AvgIpc) is 3.41. The van der Waals surface area contributed by atoms with E-state index in [0.717, 1.165) is 0 Å². The normalized spacial score (nSPS) is 11.2. The summed E-state index contributed by atoms with van der Waals surface area (Å²) in [5, 5.41) is 14.7. The number of anilines is 3. The molecule has 5 rings (SSSR count). The van der Waals surface area contributed by atoms with Crippen molar-refractivity contribution in [2.24, 2.45) is 0 Å². The van der Waals surface area contributed by atoms with E-state index >= 15 is 0 Å². The van der Waals surface area contributed by atoms with Gasteiger partial charge in [-0.25, -0.2) is 13.8 Å². The smallest absolute Gasteiger partial charge is 0.315 e. The highest BCUT2D eigenvalue weighted by Crippen LogP contribution is 2.39. The molecule has 5 aromatic rings. The molecule has 2 aromatic carbocycles. The van der Waals surface area contributed by atoms with Gasteiger partial charge in [-0.15, -0.1) is 5.10 Å². The highest BCUT2D eigenvalue weighted by atomic mass is 35.5. The van der Waals surface area contributed by atoms with Crippen LogP contribution in [-0.4, -0.2) is 26.6 Å². The van der Waals surface area contributed by atoms with Crippen molar-refractivity contribution in [2.45, 2.75) is 13.8 Å². The number of benzene rings is 2. The zero-order valence-electron chi connectivity index (χ0n) is 18.4. The first-order valence-electron chi connectivity index (χ1n) is 10.4. The average molecular weight is 481 g/mol. The highest BCUT2D eigenvalue weighted by Gasteiger charge is 2.22. The monoisotopic (exact) mass is 480 g/mol. The van der Waals surface area contributed by atoms with Crippen LogP contribution in [0.2, 0.25) is 5.02 Å². The molecule has 0 saturated carbocycles. The van der Waals surface area contributed by atoms with Crippen molar-refractivity contribution >= 4 is 34.8 Å². The molecular weight excluding hydrogens is 462 g/mol. The summed E-state index contributed by atoms with van der Waals surface area (Å²) < 4.78 is 35.4. The molecule has 172 valence electrons. The van der Waals surface area contributed by atoms with E-state index in [0.29, 0.717) is 50.1 Å². The second kappa shape index (κ2) is 8.42. The van der Waals surface area contributed by atoms with Crippen molar-refractivity contribution in [3.05, 3.63) is 76.4 Å². The second-order valence-electron chi connectivity index (χ2n) is 7.78. The molecule has 0 fully saturated rings. The van der Waals surface area contributed by atoms with Crippen LogP contribution in [0, 0.1) is 25.5 Å². The zero-order valence-corrected chi connectivity index (χ0v) is 19.2. The Morgan fingerprint density at radius 1 is 0.941 bits per heavy atom. The summed E-state index contributed by atoms with van der Waals surface area (Å²) in [6.45, 7) is 3.60. The third-order valence-corrected chi connectivity index (χ3v) is 5.66. The van der Waals surface area contributed by atoms with E-state index in [4.69, 9.17) is 21.0 Å². The maximum Gasteiger partial charge on any atom is 0.315 e. The lowest BCUT2D eigenvalue weighted by atomic mass is 10.0. The van der Waals surface area contributed by atoms with Gasteiger partial charge in [-0.2, -0.15) is 0 Å². The van der Waals surface area contributed by atoms with Crippen LogP contribution in [-0.2, 0) is 0 Å². The number of hydrogen-bond donors (Lipinski definition) is 2. The van der Waals surface area contributed by atoms with Crippen molar-refractivity contribution in [3.8, 4) is 22.7 Å². The summed E-state index contributed by atoms with van der Waals surface area (Å²) in [4.78, 5) is 4.75. The Labute approximate surface area is 198 Å². The van der Waals surface area contributed by atoms with Gasteiger partial charge in [0.2, 0.25) is 5.89 Å². The first kappa shape index (κ1) is 21.8. The summed E-state index contributed by atoms with van der Waals surface area (Å²) >= 11 is 6.29. The fraction of sp³-hybridized carbons (Fsp3) is 0.125. The number of nitrogens with one attached hydrogen (secondary N) is 2. The predicted octanol–water partition coefficient (Wildman–Crippen LogP) is 6.39. The molecule has 7 nitrogen and oxygen atoms in total. The maximum atomic E-state index is 14.2. The largest absolute Gasteiger partial charge is 0.403 e. The number of aromatic nitrogens is 4. The van der Waals surface area contributed by atoms with Crippen LogP contribution in [0.15, 0.2) is 53.1 Å². The molecule has 3 aromatic heterocycles. The molecule has 0 radical (unpaired) electrons. The Morgan fingerprint density at radius 2 is 1.71 bits per heavy atom. The number of fused-ring (bicyclic) bond motifs is 1. The minimum Gasteiger partial charge on any atom is -0.403 e. The van der Waals surface area contributed by atoms with Crippen molar-refractivity contribution in [1.82, 2.24) is 19.6 Å². The predicted molar refractivity (Wildman–Crippen MR) is 128 cm³/mol. The van der Waals surface area contributed by atoms with Gasteiger partial charge in [0.25, 0.3) is 0 Å². The summed E-state index contributed by atoms with van der Waals surface area (Å²) in [7, 11) is 1.67. The van der Waals surface area contributed by atoms with Crippen LogP contribution >= 0.6 is 11.6 Å². The number of halogens is 3. The van der Waals surface area contributed by atoms with Gasteiger partial charge in [-0.3, -0.25) is 4.40 Å². The number of imidazole rings is 1. The van der Waals surface area contributed by atoms with Gasteiger partial charge < -0.3 is 15.1 Å². The van der Waals surface area contributed by atoms with Gasteiger partial charge in [0.1, 0.15) is 28.8 Å². The topological polar surface area (TPSA) is 80.3 Å². The zero-order chi connectivity index (χ0) is 24.0. The fourth-order valence-electron chi connectivity index (χ4n) is 3.89. The van der Waals surface area contributed by atoms with E-state index in [9.17, 15) is 8.78 Å². The van der Waals surface area contributed by atoms with Crippen molar-refractivity contribution in [2.75, 3.05) is 17.7 Å². The number of nitrogens with zero attached hydrogens (tertiary/aromatic N) is 4. The molecule has 0 saturated heterocycles. The van der Waals surface area contributed by atoms with Crippen LogP contribution in [0.4, 0.5) is 26.3 Å². The van der Waals surface area contributed by atoms with Crippen molar-refractivity contribution in [3.63, 3.8) is 0 Å². The SMILES string of the molecule is CNc1nnc(-c2cc(Cl)ccc2-c2nc3ccc(F)cn3c2Nc2c(C)cc(F)cc2C)o1. The van der Waals surface area contributed by atoms with Crippen molar-refractivity contribution < 1.29 is 13.2 Å².